The third kappa shape index (κ3) is 4.41. The molecule has 0 fully saturated rings. The molecule has 0 radical (unpaired) electrons. The van der Waals surface area contributed by atoms with E-state index in [0.717, 1.165) is 40.4 Å². The first-order chi connectivity index (χ1) is 12.0. The fourth-order valence-corrected chi connectivity index (χ4v) is 5.06. The summed E-state index contributed by atoms with van der Waals surface area (Å²) >= 11 is 3.06. The van der Waals surface area contributed by atoms with Crippen LogP contribution in [0.2, 0.25) is 0 Å². The van der Waals surface area contributed by atoms with Gasteiger partial charge in [-0.25, -0.2) is 4.39 Å². The molecule has 3 N–H and O–H groups in total. The van der Waals surface area contributed by atoms with Gasteiger partial charge in [0.15, 0.2) is 0 Å². The van der Waals surface area contributed by atoms with E-state index in [0.29, 0.717) is 23.4 Å². The maximum atomic E-state index is 12.8. The molecule has 1 aromatic heterocycles. The molecular weight excluding hydrogens is 359 g/mol. The predicted octanol–water partition coefficient (Wildman–Crippen LogP) is 3.99. The number of rotatable bonds is 7. The molecule has 0 unspecified atom stereocenters. The van der Waals surface area contributed by atoms with Crippen molar-refractivity contribution < 1.29 is 14.0 Å². The van der Waals surface area contributed by atoms with Crippen molar-refractivity contribution in [2.75, 3.05) is 11.1 Å². The van der Waals surface area contributed by atoms with Gasteiger partial charge in [0, 0.05) is 16.2 Å². The van der Waals surface area contributed by atoms with E-state index in [4.69, 9.17) is 5.73 Å². The summed E-state index contributed by atoms with van der Waals surface area (Å²) in [6, 6.07) is 6.31. The summed E-state index contributed by atoms with van der Waals surface area (Å²) in [5.74, 6) is -0.0663. The van der Waals surface area contributed by atoms with Crippen LogP contribution in [0.25, 0.3) is 0 Å². The van der Waals surface area contributed by atoms with Crippen molar-refractivity contribution in [3.63, 3.8) is 0 Å². The minimum absolute atomic E-state index is 0.109. The molecule has 1 aliphatic carbocycles. The summed E-state index contributed by atoms with van der Waals surface area (Å²) in [4.78, 5) is 26.0. The summed E-state index contributed by atoms with van der Waals surface area (Å²) in [6.45, 7) is 0. The van der Waals surface area contributed by atoms with Crippen molar-refractivity contribution in [1.82, 2.24) is 0 Å². The molecule has 2 amide bonds. The van der Waals surface area contributed by atoms with Crippen LogP contribution in [0.3, 0.4) is 0 Å². The summed E-state index contributed by atoms with van der Waals surface area (Å²) in [5, 5.41) is 3.44. The number of benzene rings is 1. The third-order valence-corrected chi connectivity index (χ3v) is 6.36. The maximum absolute atomic E-state index is 12.8. The predicted molar refractivity (Wildman–Crippen MR) is 99.8 cm³/mol. The highest BCUT2D eigenvalue weighted by atomic mass is 32.2. The Bertz CT molecular complexity index is 787. The summed E-state index contributed by atoms with van der Waals surface area (Å²) in [6.07, 6.45) is 3.91. The van der Waals surface area contributed by atoms with Gasteiger partial charge in [0.2, 0.25) is 5.91 Å². The van der Waals surface area contributed by atoms with E-state index in [-0.39, 0.29) is 11.7 Å². The number of nitrogens with one attached hydrogen (secondary N) is 1. The Labute approximate surface area is 154 Å². The number of hydrogen-bond donors (Lipinski definition) is 2. The lowest BCUT2D eigenvalue weighted by Gasteiger charge is -2.06. The second-order valence-corrected chi connectivity index (χ2v) is 8.15. The summed E-state index contributed by atoms with van der Waals surface area (Å²) in [7, 11) is 0. The van der Waals surface area contributed by atoms with Crippen molar-refractivity contribution in [2.45, 2.75) is 37.0 Å². The number of carbonyl (C=O) groups excluding carboxylic acids is 2. The molecule has 25 heavy (non-hydrogen) atoms. The van der Waals surface area contributed by atoms with Gasteiger partial charge >= 0.3 is 0 Å². The number of thiophene rings is 1. The smallest absolute Gasteiger partial charge is 0.251 e. The molecule has 132 valence electrons. The minimum atomic E-state index is -0.471. The number of nitrogens with two attached hydrogens (primary N) is 1. The quantitative estimate of drug-likeness (QED) is 0.565. The molecule has 0 saturated carbocycles. The molecule has 0 spiro atoms. The molecule has 7 heteroatoms. The van der Waals surface area contributed by atoms with Crippen LogP contribution in [-0.2, 0) is 17.6 Å². The second-order valence-electron chi connectivity index (χ2n) is 5.88. The Morgan fingerprint density at radius 1 is 1.24 bits per heavy atom. The van der Waals surface area contributed by atoms with Crippen LogP contribution >= 0.6 is 23.1 Å². The summed E-state index contributed by atoms with van der Waals surface area (Å²) < 4.78 is 12.8. The molecule has 3 rings (SSSR count). The number of primary amides is 1. The zero-order valence-corrected chi connectivity index (χ0v) is 15.3. The topological polar surface area (TPSA) is 72.2 Å². The van der Waals surface area contributed by atoms with E-state index in [2.05, 4.69) is 5.32 Å². The van der Waals surface area contributed by atoms with Crippen molar-refractivity contribution in [1.29, 1.82) is 0 Å². The maximum Gasteiger partial charge on any atom is 0.251 e. The number of anilines is 1. The zero-order valence-electron chi connectivity index (χ0n) is 13.6. The number of thioether (sulfide) groups is 1. The van der Waals surface area contributed by atoms with Crippen molar-refractivity contribution in [3.8, 4) is 0 Å². The van der Waals surface area contributed by atoms with Crippen LogP contribution < -0.4 is 11.1 Å². The lowest BCUT2D eigenvalue weighted by atomic mass is 10.1. The number of fused-ring (bicyclic) bond motifs is 1. The second kappa shape index (κ2) is 8.01. The van der Waals surface area contributed by atoms with E-state index in [1.54, 1.807) is 23.9 Å². The third-order valence-electron chi connectivity index (χ3n) is 4.05. The number of aryl methyl sites for hydroxylation is 1. The van der Waals surface area contributed by atoms with Gasteiger partial charge < -0.3 is 11.1 Å². The van der Waals surface area contributed by atoms with Crippen LogP contribution in [-0.4, -0.2) is 17.6 Å². The average molecular weight is 378 g/mol. The van der Waals surface area contributed by atoms with E-state index in [9.17, 15) is 14.0 Å². The molecule has 0 saturated heterocycles. The van der Waals surface area contributed by atoms with Gasteiger partial charge in [-0.3, -0.25) is 9.59 Å². The number of hydrogen-bond acceptors (Lipinski definition) is 4. The lowest BCUT2D eigenvalue weighted by molar-refractivity contribution is -0.116. The van der Waals surface area contributed by atoms with Gasteiger partial charge in [-0.05, 0) is 61.3 Å². The zero-order chi connectivity index (χ0) is 17.8. The Morgan fingerprint density at radius 2 is 2.00 bits per heavy atom. The molecule has 4 nitrogen and oxygen atoms in total. The SMILES string of the molecule is NC(=O)c1c(NC(=O)CCCSc2ccc(F)cc2)sc2c1CCC2. The largest absolute Gasteiger partial charge is 0.365 e. The normalized spacial score (nSPS) is 12.8. The van der Waals surface area contributed by atoms with E-state index in [1.807, 2.05) is 0 Å². The standard InChI is InChI=1S/C18H19FN2O2S2/c19-11-6-8-12(9-7-11)24-10-2-5-15(22)21-18-16(17(20)23)13-3-1-4-14(13)25-18/h6-9H,1-5,10H2,(H2,20,23)(H,21,22). The van der Waals surface area contributed by atoms with Crippen LogP contribution in [0.5, 0.6) is 0 Å². The molecule has 2 aromatic rings. The fraction of sp³-hybridized carbons (Fsp3) is 0.333. The molecular formula is C18H19FN2O2S2. The lowest BCUT2D eigenvalue weighted by Crippen LogP contribution is -2.17. The molecule has 0 aliphatic heterocycles. The first kappa shape index (κ1) is 17.9. The molecule has 1 aromatic carbocycles. The minimum Gasteiger partial charge on any atom is -0.365 e. The van der Waals surface area contributed by atoms with Crippen LogP contribution in [0.4, 0.5) is 9.39 Å². The van der Waals surface area contributed by atoms with Gasteiger partial charge in [-0.1, -0.05) is 0 Å². The highest BCUT2D eigenvalue weighted by Crippen LogP contribution is 2.38. The van der Waals surface area contributed by atoms with E-state index < -0.39 is 5.91 Å². The number of halogens is 1. The summed E-state index contributed by atoms with van der Waals surface area (Å²) in [5.41, 5.74) is 7.00. The van der Waals surface area contributed by atoms with Crippen LogP contribution in [0.1, 0.15) is 40.1 Å². The Kier molecular flexibility index (Phi) is 5.75. The molecule has 0 atom stereocenters. The fourth-order valence-electron chi connectivity index (χ4n) is 2.90. The van der Waals surface area contributed by atoms with E-state index >= 15 is 0 Å². The number of carbonyl (C=O) groups is 2. The van der Waals surface area contributed by atoms with Crippen LogP contribution in [0.15, 0.2) is 29.2 Å². The van der Waals surface area contributed by atoms with Gasteiger partial charge in [-0.15, -0.1) is 23.1 Å². The molecule has 1 heterocycles. The van der Waals surface area contributed by atoms with Crippen molar-refractivity contribution in [2.24, 2.45) is 5.73 Å². The van der Waals surface area contributed by atoms with Gasteiger partial charge in [0.25, 0.3) is 5.91 Å². The first-order valence-electron chi connectivity index (χ1n) is 8.17. The highest BCUT2D eigenvalue weighted by Gasteiger charge is 2.25. The van der Waals surface area contributed by atoms with Gasteiger partial charge in [0.1, 0.15) is 10.8 Å². The van der Waals surface area contributed by atoms with E-state index in [1.165, 1.54) is 23.5 Å². The van der Waals surface area contributed by atoms with Crippen LogP contribution in [0, 0.1) is 5.82 Å². The van der Waals surface area contributed by atoms with Gasteiger partial charge in [-0.2, -0.15) is 0 Å². The Morgan fingerprint density at radius 3 is 2.72 bits per heavy atom. The number of amides is 2. The Hall–Kier alpha value is -1.86. The van der Waals surface area contributed by atoms with Crippen molar-refractivity contribution >= 4 is 39.9 Å². The monoisotopic (exact) mass is 378 g/mol. The highest BCUT2D eigenvalue weighted by molar-refractivity contribution is 7.99. The van der Waals surface area contributed by atoms with Crippen molar-refractivity contribution in [3.05, 3.63) is 46.1 Å². The molecule has 0 bridgehead atoms. The first-order valence-corrected chi connectivity index (χ1v) is 9.97. The molecule has 1 aliphatic rings. The average Bonchev–Trinajstić information content (AvgIpc) is 3.13. The van der Waals surface area contributed by atoms with Gasteiger partial charge in [0.05, 0.1) is 5.56 Å². The Balaban J connectivity index is 1.50.